The molecule has 1 aliphatic rings. The minimum Gasteiger partial charge on any atom is -0.379 e. The molecule has 21 heavy (non-hydrogen) atoms. The van der Waals surface area contributed by atoms with E-state index in [4.69, 9.17) is 11.6 Å². The molecule has 1 N–H and O–H groups in total. The highest BCUT2D eigenvalue weighted by Crippen LogP contribution is 2.40. The summed E-state index contributed by atoms with van der Waals surface area (Å²) in [5.41, 5.74) is -3.09. The highest BCUT2D eigenvalue weighted by Gasteiger charge is 2.58. The van der Waals surface area contributed by atoms with Gasteiger partial charge in [-0.15, -0.1) is 0 Å². The van der Waals surface area contributed by atoms with E-state index in [9.17, 15) is 31.1 Å². The van der Waals surface area contributed by atoms with Crippen molar-refractivity contribution in [3.63, 3.8) is 0 Å². The highest BCUT2D eigenvalue weighted by molar-refractivity contribution is 7.89. The van der Waals surface area contributed by atoms with Crippen LogP contribution in [0.2, 0.25) is 5.02 Å². The number of benzene rings is 1. The molecule has 118 valence electrons. The van der Waals surface area contributed by atoms with Crippen molar-refractivity contribution in [1.29, 1.82) is 0 Å². The molecule has 1 fully saturated rings. The number of nitrogens with zero attached hydrogens (tertiary/aromatic N) is 1. The Balaban J connectivity index is 2.35. The predicted octanol–water partition coefficient (Wildman–Crippen LogP) is 2.17. The summed E-state index contributed by atoms with van der Waals surface area (Å²) in [7, 11) is -4.34. The monoisotopic (exact) mass is 347 g/mol. The molecule has 1 aliphatic heterocycles. The van der Waals surface area contributed by atoms with E-state index in [1.165, 1.54) is 0 Å². The van der Waals surface area contributed by atoms with Crippen molar-refractivity contribution in [3.05, 3.63) is 29.0 Å². The quantitative estimate of drug-likeness (QED) is 0.834. The molecule has 0 aliphatic carbocycles. The Morgan fingerprint density at radius 3 is 2.43 bits per heavy atom. The van der Waals surface area contributed by atoms with Gasteiger partial charge < -0.3 is 5.11 Å². The molecule has 1 unspecified atom stereocenters. The summed E-state index contributed by atoms with van der Waals surface area (Å²) in [4.78, 5) is -0.503. The zero-order valence-corrected chi connectivity index (χ0v) is 11.9. The van der Waals surface area contributed by atoms with Crippen molar-refractivity contribution >= 4 is 21.6 Å². The molecule has 2 rings (SSSR count). The van der Waals surface area contributed by atoms with Crippen LogP contribution in [0.25, 0.3) is 0 Å². The van der Waals surface area contributed by atoms with Gasteiger partial charge in [0.25, 0.3) is 0 Å². The SMILES string of the molecule is O=S(=O)(c1ccc(F)cc1Cl)N1CCC(O)(C(F)(F)F)C1. The van der Waals surface area contributed by atoms with Crippen molar-refractivity contribution in [2.75, 3.05) is 13.1 Å². The van der Waals surface area contributed by atoms with Crippen molar-refractivity contribution in [1.82, 2.24) is 4.31 Å². The lowest BCUT2D eigenvalue weighted by atomic mass is 10.0. The molecular weight excluding hydrogens is 338 g/mol. The highest BCUT2D eigenvalue weighted by atomic mass is 35.5. The molecule has 1 aromatic rings. The number of alkyl halides is 3. The van der Waals surface area contributed by atoms with Crippen LogP contribution in [0, 0.1) is 5.82 Å². The smallest absolute Gasteiger partial charge is 0.379 e. The average Bonchev–Trinajstić information content (AvgIpc) is 2.72. The molecule has 10 heteroatoms. The van der Waals surface area contributed by atoms with Gasteiger partial charge in [0.05, 0.1) is 11.6 Å². The van der Waals surface area contributed by atoms with Crippen LogP contribution in [0.1, 0.15) is 6.42 Å². The molecule has 1 heterocycles. The van der Waals surface area contributed by atoms with E-state index in [0.29, 0.717) is 4.31 Å². The first-order chi connectivity index (χ1) is 9.47. The van der Waals surface area contributed by atoms with Crippen LogP contribution in [0.4, 0.5) is 17.6 Å². The number of rotatable bonds is 2. The van der Waals surface area contributed by atoms with Gasteiger partial charge in [0.2, 0.25) is 10.0 Å². The molecule has 0 bridgehead atoms. The van der Waals surface area contributed by atoms with E-state index < -0.39 is 57.0 Å². The van der Waals surface area contributed by atoms with Crippen LogP contribution in [0.3, 0.4) is 0 Å². The summed E-state index contributed by atoms with van der Waals surface area (Å²) in [6.07, 6.45) is -5.71. The maximum Gasteiger partial charge on any atom is 0.418 e. The minimum atomic E-state index is -4.94. The van der Waals surface area contributed by atoms with Crippen molar-refractivity contribution in [2.45, 2.75) is 23.1 Å². The van der Waals surface area contributed by atoms with Gasteiger partial charge in [-0.1, -0.05) is 11.6 Å². The Kier molecular flexibility index (Phi) is 3.98. The predicted molar refractivity (Wildman–Crippen MR) is 65.8 cm³/mol. The van der Waals surface area contributed by atoms with E-state index in [0.717, 1.165) is 18.2 Å². The zero-order valence-electron chi connectivity index (χ0n) is 10.4. The lowest BCUT2D eigenvalue weighted by Crippen LogP contribution is -2.48. The summed E-state index contributed by atoms with van der Waals surface area (Å²) in [6, 6.07) is 2.46. The van der Waals surface area contributed by atoms with E-state index in [1.54, 1.807) is 0 Å². The van der Waals surface area contributed by atoms with E-state index in [-0.39, 0.29) is 0 Å². The summed E-state index contributed by atoms with van der Waals surface area (Å²) < 4.78 is 75.9. The van der Waals surface area contributed by atoms with Gasteiger partial charge in [-0.2, -0.15) is 17.5 Å². The van der Waals surface area contributed by atoms with Crippen LogP contribution >= 0.6 is 11.6 Å². The van der Waals surface area contributed by atoms with Gasteiger partial charge in [0, 0.05) is 13.0 Å². The lowest BCUT2D eigenvalue weighted by Gasteiger charge is -2.25. The Labute approximate surface area is 123 Å². The van der Waals surface area contributed by atoms with Gasteiger partial charge in [-0.3, -0.25) is 0 Å². The second-order valence-electron chi connectivity index (χ2n) is 4.69. The van der Waals surface area contributed by atoms with E-state index in [2.05, 4.69) is 0 Å². The van der Waals surface area contributed by atoms with Gasteiger partial charge >= 0.3 is 6.18 Å². The Morgan fingerprint density at radius 2 is 1.95 bits per heavy atom. The second-order valence-corrected chi connectivity index (χ2v) is 7.01. The third kappa shape index (κ3) is 2.87. The molecule has 0 aromatic heterocycles. The average molecular weight is 348 g/mol. The van der Waals surface area contributed by atoms with E-state index >= 15 is 0 Å². The Hall–Kier alpha value is -0.900. The first-order valence-electron chi connectivity index (χ1n) is 5.72. The number of hydrogen-bond acceptors (Lipinski definition) is 3. The Morgan fingerprint density at radius 1 is 1.33 bits per heavy atom. The van der Waals surface area contributed by atoms with Crippen LogP contribution in [-0.4, -0.2) is 42.7 Å². The zero-order chi connectivity index (χ0) is 16.1. The first-order valence-corrected chi connectivity index (χ1v) is 7.53. The number of hydrogen-bond donors (Lipinski definition) is 1. The number of aliphatic hydroxyl groups is 1. The van der Waals surface area contributed by atoms with Crippen molar-refractivity contribution in [3.8, 4) is 0 Å². The molecule has 0 saturated carbocycles. The standard InChI is InChI=1S/C11H10ClF4NO3S/c12-8-5-7(13)1-2-9(8)21(19,20)17-4-3-10(18,6-17)11(14,15)16/h1-2,5,18H,3-4,6H2. The van der Waals surface area contributed by atoms with Crippen molar-refractivity contribution in [2.24, 2.45) is 0 Å². The van der Waals surface area contributed by atoms with Gasteiger partial charge in [-0.05, 0) is 18.2 Å². The summed E-state index contributed by atoms with van der Waals surface area (Å²) in [5, 5.41) is 9.06. The number of sulfonamides is 1. The summed E-state index contributed by atoms with van der Waals surface area (Å²) in [5.74, 6) is -0.771. The fourth-order valence-electron chi connectivity index (χ4n) is 2.02. The fraction of sp³-hybridized carbons (Fsp3) is 0.455. The Bertz CT molecular complexity index is 664. The van der Waals surface area contributed by atoms with Crippen LogP contribution in [0.5, 0.6) is 0 Å². The third-order valence-electron chi connectivity index (χ3n) is 3.25. The molecule has 1 atom stereocenters. The lowest BCUT2D eigenvalue weighted by molar-refractivity contribution is -0.252. The molecule has 1 aromatic carbocycles. The maximum absolute atomic E-state index is 12.9. The number of halogens is 5. The largest absolute Gasteiger partial charge is 0.418 e. The van der Waals surface area contributed by atoms with E-state index in [1.807, 2.05) is 0 Å². The molecule has 0 spiro atoms. The number of β-amino-alcohol motifs (C(OH)–C–C–N with tert-alkyl or cyclic N) is 1. The molecule has 1 saturated heterocycles. The van der Waals surface area contributed by atoms with Crippen LogP contribution in [0.15, 0.2) is 23.1 Å². The topological polar surface area (TPSA) is 57.6 Å². The third-order valence-corrected chi connectivity index (χ3v) is 5.58. The summed E-state index contributed by atoms with van der Waals surface area (Å²) in [6.45, 7) is -1.63. The fourth-order valence-corrected chi connectivity index (χ4v) is 4.02. The molecule has 4 nitrogen and oxygen atoms in total. The van der Waals surface area contributed by atoms with Crippen LogP contribution in [-0.2, 0) is 10.0 Å². The molecule has 0 radical (unpaired) electrons. The summed E-state index contributed by atoms with van der Waals surface area (Å²) >= 11 is 5.62. The van der Waals surface area contributed by atoms with Gasteiger partial charge in [0.1, 0.15) is 10.7 Å². The second kappa shape index (κ2) is 5.08. The van der Waals surface area contributed by atoms with Crippen molar-refractivity contribution < 1.29 is 31.1 Å². The minimum absolute atomic E-state index is 0.433. The van der Waals surface area contributed by atoms with Gasteiger partial charge in [0.15, 0.2) is 5.60 Å². The maximum atomic E-state index is 12.9. The van der Waals surface area contributed by atoms with Crippen LogP contribution < -0.4 is 0 Å². The first kappa shape index (κ1) is 16.5. The molecule has 0 amide bonds. The van der Waals surface area contributed by atoms with Gasteiger partial charge in [-0.25, -0.2) is 12.8 Å². The normalized spacial score (nSPS) is 24.5. The molecular formula is C11H10ClF4NO3S.